The third kappa shape index (κ3) is 7.30. The third-order valence-electron chi connectivity index (χ3n) is 5.44. The van der Waals surface area contributed by atoms with Crippen LogP contribution >= 0.6 is 24.0 Å². The van der Waals surface area contributed by atoms with Gasteiger partial charge in [-0.25, -0.2) is 12.7 Å². The van der Waals surface area contributed by atoms with Crippen molar-refractivity contribution in [3.63, 3.8) is 0 Å². The van der Waals surface area contributed by atoms with Crippen LogP contribution in [-0.2, 0) is 15.1 Å². The molecule has 8 nitrogen and oxygen atoms in total. The van der Waals surface area contributed by atoms with Gasteiger partial charge < -0.3 is 14.0 Å². The van der Waals surface area contributed by atoms with Crippen molar-refractivity contribution in [2.24, 2.45) is 0 Å². The standard InChI is InChI=1S/C23H24N2O6S3.Na/c26-22-21(33-23(32)24(22)16-18-8-6-12-25(18)34(27,28)29)15-17-7-4-5-11-20(17)31-14-13-30-19-9-2-1-3-10-19;/h1-5,7,9-11,15,18H,6,8,12-14,16H2,(H,27,28,29);/q;+1/p-1. The number of amides is 1. The molecule has 0 N–H and O–H groups in total. The van der Waals surface area contributed by atoms with E-state index < -0.39 is 16.3 Å². The number of hydrogen-bond donors (Lipinski definition) is 0. The fourth-order valence-electron chi connectivity index (χ4n) is 3.85. The summed E-state index contributed by atoms with van der Waals surface area (Å²) in [5.74, 6) is 1.05. The van der Waals surface area contributed by atoms with Crippen LogP contribution in [0, 0.1) is 0 Å². The summed E-state index contributed by atoms with van der Waals surface area (Å²) in [5, 5.41) is 0. The summed E-state index contributed by atoms with van der Waals surface area (Å²) < 4.78 is 47.3. The molecule has 1 unspecified atom stereocenters. The van der Waals surface area contributed by atoms with Crippen LogP contribution in [0.3, 0.4) is 0 Å². The van der Waals surface area contributed by atoms with Crippen molar-refractivity contribution in [2.45, 2.75) is 18.9 Å². The van der Waals surface area contributed by atoms with E-state index in [1.165, 1.54) is 4.90 Å². The third-order valence-corrected chi connectivity index (χ3v) is 7.87. The molecule has 1 amide bonds. The van der Waals surface area contributed by atoms with Gasteiger partial charge in [-0.05, 0) is 37.1 Å². The number of rotatable bonds is 9. The first-order chi connectivity index (χ1) is 16.3. The van der Waals surface area contributed by atoms with Gasteiger partial charge >= 0.3 is 29.6 Å². The summed E-state index contributed by atoms with van der Waals surface area (Å²) in [6.45, 7) is 0.918. The van der Waals surface area contributed by atoms with E-state index in [0.717, 1.165) is 21.8 Å². The van der Waals surface area contributed by atoms with Gasteiger partial charge in [0.2, 0.25) is 0 Å². The minimum Gasteiger partial charge on any atom is -0.735 e. The van der Waals surface area contributed by atoms with Crippen LogP contribution in [0.25, 0.3) is 6.08 Å². The second kappa shape index (κ2) is 12.7. The molecule has 2 saturated heterocycles. The topological polar surface area (TPSA) is 99.2 Å². The number of hydrogen-bond acceptors (Lipinski definition) is 8. The smallest absolute Gasteiger partial charge is 0.735 e. The van der Waals surface area contributed by atoms with Crippen molar-refractivity contribution >= 4 is 50.6 Å². The normalized spacial score (nSPS) is 19.7. The molecule has 0 aliphatic carbocycles. The molecule has 0 saturated carbocycles. The number of ether oxygens (including phenoxy) is 2. The fourth-order valence-corrected chi connectivity index (χ4v) is 6.01. The van der Waals surface area contributed by atoms with Gasteiger partial charge in [-0.1, -0.05) is 60.4 Å². The van der Waals surface area contributed by atoms with Gasteiger partial charge in [-0.15, -0.1) is 0 Å². The second-order valence-electron chi connectivity index (χ2n) is 7.70. The Bertz CT molecular complexity index is 1190. The zero-order valence-electron chi connectivity index (χ0n) is 19.2. The number of para-hydroxylation sites is 2. The predicted molar refractivity (Wildman–Crippen MR) is 133 cm³/mol. The SMILES string of the molecule is O=C1C(=Cc2ccccc2OCCOc2ccccc2)SC(=S)N1CC1CCCN1S(=O)(=O)[O-].[Na+]. The first kappa shape index (κ1) is 28.1. The summed E-state index contributed by atoms with van der Waals surface area (Å²) in [5.41, 5.74) is 0.715. The van der Waals surface area contributed by atoms with Gasteiger partial charge in [0.15, 0.2) is 10.3 Å². The van der Waals surface area contributed by atoms with Crippen molar-refractivity contribution in [2.75, 3.05) is 26.3 Å². The minimum absolute atomic E-state index is 0. The van der Waals surface area contributed by atoms with Crippen LogP contribution in [0.2, 0.25) is 0 Å². The van der Waals surface area contributed by atoms with Gasteiger partial charge in [-0.2, -0.15) is 0 Å². The molecule has 2 aromatic carbocycles. The summed E-state index contributed by atoms with van der Waals surface area (Å²) >= 11 is 6.52. The van der Waals surface area contributed by atoms with E-state index >= 15 is 0 Å². The maximum absolute atomic E-state index is 13.0. The van der Waals surface area contributed by atoms with E-state index in [1.807, 2.05) is 54.6 Å². The quantitative estimate of drug-likeness (QED) is 0.147. The monoisotopic (exact) mass is 542 g/mol. The molecule has 2 heterocycles. The molecule has 35 heavy (non-hydrogen) atoms. The zero-order valence-corrected chi connectivity index (χ0v) is 23.6. The Balaban J connectivity index is 0.00000342. The first-order valence-corrected chi connectivity index (χ1v) is 13.3. The molecule has 0 spiro atoms. The molecular weight excluding hydrogens is 519 g/mol. The molecule has 180 valence electrons. The maximum atomic E-state index is 13.0. The molecule has 4 rings (SSSR count). The van der Waals surface area contributed by atoms with Gasteiger partial charge in [0.25, 0.3) is 5.91 Å². The molecule has 2 fully saturated rings. The molecule has 12 heteroatoms. The number of carbonyl (C=O) groups is 1. The molecule has 0 radical (unpaired) electrons. The van der Waals surface area contributed by atoms with Crippen molar-refractivity contribution in [1.82, 2.24) is 9.21 Å². The largest absolute Gasteiger partial charge is 1.00 e. The Labute approximate surface area is 236 Å². The van der Waals surface area contributed by atoms with E-state index in [0.29, 0.717) is 46.6 Å². The summed E-state index contributed by atoms with van der Waals surface area (Å²) in [7, 11) is -4.57. The van der Waals surface area contributed by atoms with Gasteiger partial charge in [0.05, 0.1) is 4.91 Å². The fraction of sp³-hybridized carbons (Fsp3) is 0.304. The zero-order chi connectivity index (χ0) is 24.1. The predicted octanol–water partition coefficient (Wildman–Crippen LogP) is 0.274. The Morgan fingerprint density at radius 3 is 2.51 bits per heavy atom. The maximum Gasteiger partial charge on any atom is 1.00 e. The van der Waals surface area contributed by atoms with Gasteiger partial charge in [0, 0.05) is 24.7 Å². The van der Waals surface area contributed by atoms with Crippen molar-refractivity contribution < 1.29 is 56.8 Å². The van der Waals surface area contributed by atoms with Gasteiger partial charge in [-0.3, -0.25) is 9.69 Å². The van der Waals surface area contributed by atoms with Crippen molar-refractivity contribution in [3.8, 4) is 11.5 Å². The average molecular weight is 543 g/mol. The minimum atomic E-state index is -4.57. The van der Waals surface area contributed by atoms with E-state index in [4.69, 9.17) is 21.7 Å². The second-order valence-corrected chi connectivity index (χ2v) is 10.7. The summed E-state index contributed by atoms with van der Waals surface area (Å²) in [6, 6.07) is 16.2. The van der Waals surface area contributed by atoms with E-state index in [2.05, 4.69) is 0 Å². The molecular formula is C23H23N2NaO6S3. The Morgan fingerprint density at radius 1 is 1.09 bits per heavy atom. The molecule has 2 aromatic rings. The molecule has 0 aromatic heterocycles. The molecule has 0 bridgehead atoms. The number of nitrogens with zero attached hydrogens (tertiary/aromatic N) is 2. The van der Waals surface area contributed by atoms with Crippen LogP contribution < -0.4 is 39.0 Å². The first-order valence-electron chi connectivity index (χ1n) is 10.7. The number of thiocarbonyl (C=S) groups is 1. The number of thioether (sulfide) groups is 1. The summed E-state index contributed by atoms with van der Waals surface area (Å²) in [6.07, 6.45) is 2.80. The molecule has 2 aliphatic heterocycles. The van der Waals surface area contributed by atoms with Crippen LogP contribution in [-0.4, -0.2) is 64.7 Å². The molecule has 1 atom stereocenters. The van der Waals surface area contributed by atoms with Crippen molar-refractivity contribution in [1.29, 1.82) is 0 Å². The molecule has 2 aliphatic rings. The van der Waals surface area contributed by atoms with Crippen LogP contribution in [0.4, 0.5) is 0 Å². The number of carbonyl (C=O) groups excluding carboxylic acids is 1. The van der Waals surface area contributed by atoms with Crippen LogP contribution in [0.15, 0.2) is 59.5 Å². The van der Waals surface area contributed by atoms with Crippen LogP contribution in [0.1, 0.15) is 18.4 Å². The van der Waals surface area contributed by atoms with Crippen molar-refractivity contribution in [3.05, 3.63) is 65.1 Å². The number of benzene rings is 2. The van der Waals surface area contributed by atoms with E-state index in [9.17, 15) is 17.8 Å². The summed E-state index contributed by atoms with van der Waals surface area (Å²) in [4.78, 5) is 14.8. The van der Waals surface area contributed by atoms with E-state index in [-0.39, 0.29) is 48.6 Å². The Kier molecular flexibility index (Phi) is 10.2. The average Bonchev–Trinajstić information content (AvgIpc) is 3.39. The Hall–Kier alpha value is -1.44. The van der Waals surface area contributed by atoms with E-state index in [1.54, 1.807) is 6.08 Å². The Morgan fingerprint density at radius 2 is 1.77 bits per heavy atom. The van der Waals surface area contributed by atoms with Gasteiger partial charge in [0.1, 0.15) is 29.0 Å². The van der Waals surface area contributed by atoms with Crippen LogP contribution in [0.5, 0.6) is 11.5 Å².